The smallest absolute Gasteiger partial charge is 0.264 e. The van der Waals surface area contributed by atoms with Crippen molar-refractivity contribution in [3.05, 3.63) is 89.7 Å². The van der Waals surface area contributed by atoms with E-state index in [1.807, 2.05) is 27.0 Å². The molecule has 0 saturated heterocycles. The molecule has 0 aliphatic carbocycles. The van der Waals surface area contributed by atoms with E-state index in [0.29, 0.717) is 24.2 Å². The molecule has 0 bridgehead atoms. The third-order valence-electron chi connectivity index (χ3n) is 6.58. The van der Waals surface area contributed by atoms with Crippen molar-refractivity contribution in [1.29, 1.82) is 0 Å². The molecule has 0 fully saturated rings. The largest absolute Gasteiger partial charge is 0.354 e. The number of carbonyl (C=O) groups is 2. The predicted octanol–water partition coefficient (Wildman–Crippen LogP) is 5.63. The summed E-state index contributed by atoms with van der Waals surface area (Å²) in [5.74, 6) is -1.09. The fourth-order valence-electron chi connectivity index (χ4n) is 4.24. The number of rotatable bonds is 13. The lowest BCUT2D eigenvalue weighted by Gasteiger charge is -2.33. The normalized spacial score (nSPS) is 12.2. The number of nitrogens with zero attached hydrogens (tertiary/aromatic N) is 2. The Bertz CT molecular complexity index is 1410. The summed E-state index contributed by atoms with van der Waals surface area (Å²) in [5.41, 5.74) is 1.89. The maximum Gasteiger partial charge on any atom is 0.264 e. The first-order valence-corrected chi connectivity index (χ1v) is 16.2. The number of thioether (sulfide) groups is 1. The van der Waals surface area contributed by atoms with Crippen molar-refractivity contribution in [3.63, 3.8) is 0 Å². The summed E-state index contributed by atoms with van der Waals surface area (Å²) in [6, 6.07) is 18.2. The van der Waals surface area contributed by atoms with Crippen molar-refractivity contribution < 1.29 is 22.4 Å². The molecule has 3 aromatic carbocycles. The molecule has 10 heteroatoms. The van der Waals surface area contributed by atoms with Crippen LogP contribution in [0.5, 0.6) is 0 Å². The van der Waals surface area contributed by atoms with E-state index in [1.54, 1.807) is 55.5 Å². The summed E-state index contributed by atoms with van der Waals surface area (Å²) in [4.78, 5) is 29.6. The standard InChI is InChI=1S/C31H38FN3O4S2/c1-6-29(31(37)33-19-22(2)3)34(20-24-9-11-25(32)12-10-24)30(36)21-35(26-13-7-23(4)8-14-26)41(38,39)28-17-15-27(40-5)16-18-28/h7-18,22,29H,6,19-21H2,1-5H3,(H,33,37). The van der Waals surface area contributed by atoms with E-state index in [0.717, 1.165) is 14.8 Å². The molecule has 0 spiro atoms. The van der Waals surface area contributed by atoms with Gasteiger partial charge in [-0.15, -0.1) is 11.8 Å². The fourth-order valence-corrected chi connectivity index (χ4v) is 6.07. The number of hydrogen-bond donors (Lipinski definition) is 1. The van der Waals surface area contributed by atoms with Gasteiger partial charge in [-0.3, -0.25) is 13.9 Å². The van der Waals surface area contributed by atoms with E-state index in [-0.39, 0.29) is 23.3 Å². The molecular formula is C31H38FN3O4S2. The summed E-state index contributed by atoms with van der Waals surface area (Å²) in [6.07, 6.45) is 2.21. The highest BCUT2D eigenvalue weighted by Gasteiger charge is 2.33. The first-order chi connectivity index (χ1) is 19.5. The molecule has 2 amide bonds. The topological polar surface area (TPSA) is 86.8 Å². The van der Waals surface area contributed by atoms with Gasteiger partial charge in [-0.05, 0) is 79.6 Å². The van der Waals surface area contributed by atoms with Gasteiger partial charge in [-0.2, -0.15) is 0 Å². The number of nitrogens with one attached hydrogen (secondary N) is 1. The van der Waals surface area contributed by atoms with Gasteiger partial charge in [-0.1, -0.05) is 50.6 Å². The van der Waals surface area contributed by atoms with Gasteiger partial charge in [0.1, 0.15) is 18.4 Å². The van der Waals surface area contributed by atoms with Crippen LogP contribution in [0.25, 0.3) is 0 Å². The van der Waals surface area contributed by atoms with Crippen LogP contribution in [-0.2, 0) is 26.2 Å². The van der Waals surface area contributed by atoms with Gasteiger partial charge in [0.15, 0.2) is 0 Å². The summed E-state index contributed by atoms with van der Waals surface area (Å²) >= 11 is 1.49. The second-order valence-electron chi connectivity index (χ2n) is 10.2. The lowest BCUT2D eigenvalue weighted by Crippen LogP contribution is -2.52. The van der Waals surface area contributed by atoms with Crippen LogP contribution >= 0.6 is 11.8 Å². The zero-order valence-corrected chi connectivity index (χ0v) is 25.8. The van der Waals surface area contributed by atoms with Gasteiger partial charge in [0.2, 0.25) is 11.8 Å². The highest BCUT2D eigenvalue weighted by molar-refractivity contribution is 7.98. The van der Waals surface area contributed by atoms with Gasteiger partial charge < -0.3 is 10.2 Å². The minimum atomic E-state index is -4.15. The molecule has 3 aromatic rings. The van der Waals surface area contributed by atoms with Crippen LogP contribution in [0.3, 0.4) is 0 Å². The first-order valence-electron chi connectivity index (χ1n) is 13.5. The third kappa shape index (κ3) is 8.56. The van der Waals surface area contributed by atoms with Crippen molar-refractivity contribution in [2.24, 2.45) is 5.92 Å². The number of anilines is 1. The summed E-state index contributed by atoms with van der Waals surface area (Å²) in [7, 11) is -4.15. The van der Waals surface area contributed by atoms with Gasteiger partial charge in [0.05, 0.1) is 10.6 Å². The van der Waals surface area contributed by atoms with Gasteiger partial charge in [-0.25, -0.2) is 12.8 Å². The highest BCUT2D eigenvalue weighted by atomic mass is 32.2. The lowest BCUT2D eigenvalue weighted by atomic mass is 10.1. The van der Waals surface area contributed by atoms with Crippen molar-refractivity contribution >= 4 is 39.3 Å². The Hall–Kier alpha value is -3.37. The second-order valence-corrected chi connectivity index (χ2v) is 13.0. The summed E-state index contributed by atoms with van der Waals surface area (Å²) in [5, 5.41) is 2.89. The number of halogens is 1. The van der Waals surface area contributed by atoms with Crippen LogP contribution in [0.2, 0.25) is 0 Å². The van der Waals surface area contributed by atoms with Crippen LogP contribution < -0.4 is 9.62 Å². The third-order valence-corrected chi connectivity index (χ3v) is 9.12. The predicted molar refractivity (Wildman–Crippen MR) is 163 cm³/mol. The molecule has 1 unspecified atom stereocenters. The van der Waals surface area contributed by atoms with Crippen LogP contribution in [0.1, 0.15) is 38.3 Å². The first kappa shape index (κ1) is 32.1. The molecule has 0 aliphatic rings. The number of benzene rings is 3. The second kappa shape index (κ2) is 14.5. The molecule has 0 aromatic heterocycles. The van der Waals surface area contributed by atoms with Gasteiger partial charge >= 0.3 is 0 Å². The van der Waals surface area contributed by atoms with Crippen LogP contribution in [0, 0.1) is 18.7 Å². The Kier molecular flexibility index (Phi) is 11.4. The van der Waals surface area contributed by atoms with Crippen LogP contribution in [0.4, 0.5) is 10.1 Å². The Morgan fingerprint density at radius 3 is 2.10 bits per heavy atom. The van der Waals surface area contributed by atoms with E-state index < -0.39 is 34.3 Å². The molecule has 1 N–H and O–H groups in total. The molecule has 0 heterocycles. The number of hydrogen-bond acceptors (Lipinski definition) is 5. The minimum Gasteiger partial charge on any atom is -0.354 e. The fraction of sp³-hybridized carbons (Fsp3) is 0.355. The highest BCUT2D eigenvalue weighted by Crippen LogP contribution is 2.27. The number of sulfonamides is 1. The molecule has 1 atom stereocenters. The van der Waals surface area contributed by atoms with Gasteiger partial charge in [0.25, 0.3) is 10.0 Å². The van der Waals surface area contributed by atoms with Crippen molar-refractivity contribution in [1.82, 2.24) is 10.2 Å². The average molecular weight is 600 g/mol. The zero-order valence-electron chi connectivity index (χ0n) is 24.1. The van der Waals surface area contributed by atoms with Crippen molar-refractivity contribution in [3.8, 4) is 0 Å². The lowest BCUT2D eigenvalue weighted by molar-refractivity contribution is -0.140. The monoisotopic (exact) mass is 599 g/mol. The van der Waals surface area contributed by atoms with E-state index in [2.05, 4.69) is 5.32 Å². The molecule has 41 heavy (non-hydrogen) atoms. The Morgan fingerprint density at radius 2 is 1.56 bits per heavy atom. The van der Waals surface area contributed by atoms with Crippen molar-refractivity contribution in [2.75, 3.05) is 23.7 Å². The Balaban J connectivity index is 2.03. The maximum absolute atomic E-state index is 14.0. The summed E-state index contributed by atoms with van der Waals surface area (Å²) in [6.45, 7) is 7.55. The number of amides is 2. The number of aryl methyl sites for hydroxylation is 1. The van der Waals surface area contributed by atoms with E-state index in [4.69, 9.17) is 0 Å². The molecular weight excluding hydrogens is 561 g/mol. The summed E-state index contributed by atoms with van der Waals surface area (Å²) < 4.78 is 42.6. The van der Waals surface area contributed by atoms with Crippen LogP contribution in [-0.4, -0.2) is 50.5 Å². The zero-order chi connectivity index (χ0) is 30.2. The molecule has 7 nitrogen and oxygen atoms in total. The SMILES string of the molecule is CCC(C(=O)NCC(C)C)N(Cc1ccc(F)cc1)C(=O)CN(c1ccc(C)cc1)S(=O)(=O)c1ccc(SC)cc1. The molecule has 0 radical (unpaired) electrons. The van der Waals surface area contributed by atoms with Crippen molar-refractivity contribution in [2.45, 2.75) is 56.5 Å². The van der Waals surface area contributed by atoms with Gasteiger partial charge in [0, 0.05) is 18.0 Å². The molecule has 220 valence electrons. The Morgan fingerprint density at radius 1 is 0.951 bits per heavy atom. The average Bonchev–Trinajstić information content (AvgIpc) is 2.96. The molecule has 0 saturated carbocycles. The van der Waals surface area contributed by atoms with E-state index in [1.165, 1.54) is 40.9 Å². The Labute approximate surface area is 247 Å². The minimum absolute atomic E-state index is 0.0108. The maximum atomic E-state index is 14.0. The van der Waals surface area contributed by atoms with E-state index in [9.17, 15) is 22.4 Å². The molecule has 3 rings (SSSR count). The van der Waals surface area contributed by atoms with Crippen LogP contribution in [0.15, 0.2) is 82.6 Å². The number of carbonyl (C=O) groups excluding carboxylic acids is 2. The molecule has 0 aliphatic heterocycles. The van der Waals surface area contributed by atoms with E-state index >= 15 is 0 Å². The quantitative estimate of drug-likeness (QED) is 0.257.